The molecule has 1 amide bonds. The highest BCUT2D eigenvalue weighted by molar-refractivity contribution is 8.25. The Labute approximate surface area is 114 Å². The Bertz CT molecular complexity index is 489. The molecule has 0 aromatic heterocycles. The SMILES string of the molecule is CC(=O)C(C(=O)Nc1ccccc1)=C1SCCS1. The molecule has 1 N–H and O–H groups in total. The van der Waals surface area contributed by atoms with Gasteiger partial charge >= 0.3 is 0 Å². The smallest absolute Gasteiger partial charge is 0.260 e. The lowest BCUT2D eigenvalue weighted by Gasteiger charge is -2.08. The van der Waals surface area contributed by atoms with Gasteiger partial charge in [0.15, 0.2) is 5.78 Å². The van der Waals surface area contributed by atoms with Crippen molar-refractivity contribution in [1.29, 1.82) is 0 Å². The lowest BCUT2D eigenvalue weighted by atomic mass is 10.2. The van der Waals surface area contributed by atoms with Crippen LogP contribution >= 0.6 is 23.5 Å². The molecule has 0 spiro atoms. The second kappa shape index (κ2) is 6.11. The Morgan fingerprint density at radius 1 is 1.11 bits per heavy atom. The highest BCUT2D eigenvalue weighted by Gasteiger charge is 2.23. The first-order chi connectivity index (χ1) is 8.68. The lowest BCUT2D eigenvalue weighted by Crippen LogP contribution is -2.19. The third kappa shape index (κ3) is 3.17. The van der Waals surface area contributed by atoms with Gasteiger partial charge in [0.2, 0.25) is 0 Å². The quantitative estimate of drug-likeness (QED) is 0.525. The Morgan fingerprint density at radius 3 is 2.28 bits per heavy atom. The summed E-state index contributed by atoms with van der Waals surface area (Å²) in [6.45, 7) is 1.44. The lowest BCUT2D eigenvalue weighted by molar-refractivity contribution is -0.118. The van der Waals surface area contributed by atoms with Crippen molar-refractivity contribution in [2.45, 2.75) is 6.92 Å². The molecule has 18 heavy (non-hydrogen) atoms. The van der Waals surface area contributed by atoms with E-state index in [1.807, 2.05) is 18.2 Å². The summed E-state index contributed by atoms with van der Waals surface area (Å²) < 4.78 is 0.843. The average Bonchev–Trinajstić information content (AvgIpc) is 2.83. The van der Waals surface area contributed by atoms with E-state index in [9.17, 15) is 9.59 Å². The van der Waals surface area contributed by atoms with Crippen molar-refractivity contribution in [2.75, 3.05) is 16.8 Å². The van der Waals surface area contributed by atoms with Crippen molar-refractivity contribution < 1.29 is 9.59 Å². The molecule has 2 rings (SSSR count). The second-order valence-electron chi connectivity index (χ2n) is 3.74. The fourth-order valence-corrected chi connectivity index (χ4v) is 4.20. The Morgan fingerprint density at radius 2 is 1.72 bits per heavy atom. The zero-order valence-electron chi connectivity index (χ0n) is 9.93. The van der Waals surface area contributed by atoms with Crippen LogP contribution in [0, 0.1) is 0 Å². The van der Waals surface area contributed by atoms with Crippen LogP contribution in [0.2, 0.25) is 0 Å². The minimum absolute atomic E-state index is 0.180. The number of amides is 1. The van der Waals surface area contributed by atoms with Crippen LogP contribution < -0.4 is 5.32 Å². The summed E-state index contributed by atoms with van der Waals surface area (Å²) in [5.41, 5.74) is 0.987. The fourth-order valence-electron chi connectivity index (χ4n) is 1.57. The van der Waals surface area contributed by atoms with Crippen molar-refractivity contribution in [2.24, 2.45) is 0 Å². The molecule has 1 aliphatic heterocycles. The molecule has 0 aliphatic carbocycles. The van der Waals surface area contributed by atoms with Crippen molar-refractivity contribution in [3.63, 3.8) is 0 Å². The van der Waals surface area contributed by atoms with Crippen LogP contribution in [-0.2, 0) is 9.59 Å². The number of anilines is 1. The van der Waals surface area contributed by atoms with Gasteiger partial charge < -0.3 is 5.32 Å². The number of ketones is 1. The van der Waals surface area contributed by atoms with Crippen molar-refractivity contribution >= 4 is 40.9 Å². The van der Waals surface area contributed by atoms with Gasteiger partial charge in [0.25, 0.3) is 5.91 Å². The van der Waals surface area contributed by atoms with Crippen LogP contribution in [0.25, 0.3) is 0 Å². The molecule has 0 atom stereocenters. The summed E-state index contributed by atoms with van der Waals surface area (Å²) in [6.07, 6.45) is 0. The summed E-state index contributed by atoms with van der Waals surface area (Å²) in [4.78, 5) is 23.7. The molecule has 0 saturated carbocycles. The van der Waals surface area contributed by atoms with Gasteiger partial charge in [-0.15, -0.1) is 23.5 Å². The zero-order valence-corrected chi connectivity index (χ0v) is 11.6. The van der Waals surface area contributed by atoms with Crippen LogP contribution in [0.3, 0.4) is 0 Å². The highest BCUT2D eigenvalue weighted by atomic mass is 32.2. The molecule has 1 saturated heterocycles. The van der Waals surface area contributed by atoms with Gasteiger partial charge in [0, 0.05) is 17.2 Å². The van der Waals surface area contributed by atoms with E-state index in [0.717, 1.165) is 15.7 Å². The number of thioether (sulfide) groups is 2. The fraction of sp³-hybridized carbons (Fsp3) is 0.231. The number of carbonyl (C=O) groups excluding carboxylic acids is 2. The third-order valence-corrected chi connectivity index (χ3v) is 5.08. The highest BCUT2D eigenvalue weighted by Crippen LogP contribution is 2.39. The molecule has 94 valence electrons. The van der Waals surface area contributed by atoms with Crippen molar-refractivity contribution in [1.82, 2.24) is 0 Å². The number of rotatable bonds is 3. The molecular weight excluding hydrogens is 266 g/mol. The van der Waals surface area contributed by atoms with Gasteiger partial charge in [0.1, 0.15) is 5.57 Å². The number of carbonyl (C=O) groups is 2. The average molecular weight is 279 g/mol. The van der Waals surface area contributed by atoms with Gasteiger partial charge in [-0.05, 0) is 19.1 Å². The predicted octanol–water partition coefficient (Wildman–Crippen LogP) is 2.91. The third-order valence-electron chi connectivity index (χ3n) is 2.36. The van der Waals surface area contributed by atoms with E-state index in [1.165, 1.54) is 6.92 Å². The van der Waals surface area contributed by atoms with E-state index >= 15 is 0 Å². The monoisotopic (exact) mass is 279 g/mol. The molecule has 0 bridgehead atoms. The van der Waals surface area contributed by atoms with E-state index in [2.05, 4.69) is 5.32 Å². The van der Waals surface area contributed by atoms with Crippen LogP contribution in [0.1, 0.15) is 6.92 Å². The molecule has 0 unspecified atom stereocenters. The molecular formula is C13H13NO2S2. The first kappa shape index (κ1) is 13.2. The summed E-state index contributed by atoms with van der Waals surface area (Å²) in [5, 5.41) is 2.76. The van der Waals surface area contributed by atoms with Crippen LogP contribution in [0.15, 0.2) is 40.1 Å². The number of Topliss-reactive ketones (excluding diaryl/α,β-unsaturated/α-hetero) is 1. The van der Waals surface area contributed by atoms with E-state index < -0.39 is 0 Å². The van der Waals surface area contributed by atoms with Gasteiger partial charge in [-0.1, -0.05) is 18.2 Å². The second-order valence-corrected chi connectivity index (χ2v) is 6.20. The molecule has 3 nitrogen and oxygen atoms in total. The molecule has 1 heterocycles. The van der Waals surface area contributed by atoms with Crippen molar-refractivity contribution in [3.05, 3.63) is 40.1 Å². The maximum atomic E-state index is 12.1. The predicted molar refractivity (Wildman–Crippen MR) is 77.7 cm³/mol. The largest absolute Gasteiger partial charge is 0.322 e. The first-order valence-electron chi connectivity index (χ1n) is 5.55. The van der Waals surface area contributed by atoms with Gasteiger partial charge in [-0.25, -0.2) is 0 Å². The molecule has 1 aliphatic rings. The van der Waals surface area contributed by atoms with Crippen molar-refractivity contribution in [3.8, 4) is 0 Å². The summed E-state index contributed by atoms with van der Waals surface area (Å²) in [6, 6.07) is 9.16. The number of hydrogen-bond donors (Lipinski definition) is 1. The van der Waals surface area contributed by atoms with Gasteiger partial charge in [-0.3, -0.25) is 9.59 Å². The molecule has 0 radical (unpaired) electrons. The number of hydrogen-bond acceptors (Lipinski definition) is 4. The summed E-state index contributed by atoms with van der Waals surface area (Å²) in [5.74, 6) is 1.41. The first-order valence-corrected chi connectivity index (χ1v) is 7.53. The van der Waals surface area contributed by atoms with Crippen LogP contribution in [0.5, 0.6) is 0 Å². The van der Waals surface area contributed by atoms with Crippen LogP contribution in [-0.4, -0.2) is 23.2 Å². The standard InChI is InChI=1S/C13H13NO2S2/c1-9(15)11(13-17-7-8-18-13)12(16)14-10-5-3-2-4-6-10/h2-6H,7-8H2,1H3,(H,14,16). The Balaban J connectivity index is 2.20. The maximum absolute atomic E-state index is 12.1. The van der Waals surface area contributed by atoms with E-state index in [4.69, 9.17) is 0 Å². The van der Waals surface area contributed by atoms with E-state index in [-0.39, 0.29) is 17.3 Å². The normalized spacial score (nSPS) is 14.4. The molecule has 1 fully saturated rings. The Kier molecular flexibility index (Phi) is 4.49. The van der Waals surface area contributed by atoms with Gasteiger partial charge in [0.05, 0.1) is 4.24 Å². The minimum atomic E-state index is -0.314. The maximum Gasteiger partial charge on any atom is 0.260 e. The Hall–Kier alpha value is -1.20. The van der Waals surface area contributed by atoms with Crippen LogP contribution in [0.4, 0.5) is 5.69 Å². The zero-order chi connectivity index (χ0) is 13.0. The summed E-state index contributed by atoms with van der Waals surface area (Å²) in [7, 11) is 0. The van der Waals surface area contributed by atoms with Gasteiger partial charge in [-0.2, -0.15) is 0 Å². The topological polar surface area (TPSA) is 46.2 Å². The van der Waals surface area contributed by atoms with E-state index in [1.54, 1.807) is 35.7 Å². The number of nitrogens with one attached hydrogen (secondary N) is 1. The molecule has 1 aromatic carbocycles. The molecule has 5 heteroatoms. The number of benzene rings is 1. The minimum Gasteiger partial charge on any atom is -0.322 e. The number of para-hydroxylation sites is 1. The summed E-state index contributed by atoms with van der Waals surface area (Å²) >= 11 is 3.16. The van der Waals surface area contributed by atoms with E-state index in [0.29, 0.717) is 5.69 Å². The molecule has 1 aromatic rings.